The number of esters is 1. The number of ether oxygens (including phenoxy) is 1. The normalized spacial score (nSPS) is 28.0. The van der Waals surface area contributed by atoms with Crippen LogP contribution in [0.2, 0.25) is 0 Å². The maximum Gasteiger partial charge on any atom is 0.401 e. The van der Waals surface area contributed by atoms with E-state index in [9.17, 15) is 22.8 Å². The van der Waals surface area contributed by atoms with E-state index < -0.39 is 30.7 Å². The first-order valence-corrected chi connectivity index (χ1v) is 9.10. The molecule has 0 unspecified atom stereocenters. The van der Waals surface area contributed by atoms with Crippen molar-refractivity contribution in [1.29, 1.82) is 0 Å². The van der Waals surface area contributed by atoms with Gasteiger partial charge in [-0.2, -0.15) is 13.2 Å². The molecule has 1 N–H and O–H groups in total. The number of hydrogen-bond acceptors (Lipinski definition) is 4. The highest BCUT2D eigenvalue weighted by atomic mass is 19.4. The minimum Gasteiger partial charge on any atom is -0.466 e. The molecule has 2 bridgehead atoms. The number of fused-ring (bicyclic) bond motifs is 2. The van der Waals surface area contributed by atoms with Crippen LogP contribution in [-0.4, -0.2) is 55.2 Å². The summed E-state index contributed by atoms with van der Waals surface area (Å²) in [5.74, 6) is -1.87. The molecule has 8 heteroatoms. The fourth-order valence-corrected chi connectivity index (χ4v) is 4.37. The van der Waals surface area contributed by atoms with Crippen molar-refractivity contribution in [3.05, 3.63) is 35.9 Å². The van der Waals surface area contributed by atoms with E-state index in [1.54, 1.807) is 37.3 Å². The highest BCUT2D eigenvalue weighted by molar-refractivity contribution is 5.94. The monoisotopic (exact) mass is 384 g/mol. The van der Waals surface area contributed by atoms with E-state index in [1.165, 1.54) is 4.90 Å². The van der Waals surface area contributed by atoms with E-state index in [0.717, 1.165) is 0 Å². The minimum absolute atomic E-state index is 0.178. The van der Waals surface area contributed by atoms with Crippen LogP contribution in [0, 0.1) is 17.8 Å². The largest absolute Gasteiger partial charge is 0.466 e. The highest BCUT2D eigenvalue weighted by Crippen LogP contribution is 2.42. The van der Waals surface area contributed by atoms with Crippen molar-refractivity contribution in [3.63, 3.8) is 0 Å². The fourth-order valence-electron chi connectivity index (χ4n) is 4.37. The van der Waals surface area contributed by atoms with Gasteiger partial charge in [0, 0.05) is 24.7 Å². The van der Waals surface area contributed by atoms with Crippen LogP contribution in [-0.2, 0) is 9.53 Å². The molecule has 2 fully saturated rings. The second-order valence-corrected chi connectivity index (χ2v) is 7.21. The summed E-state index contributed by atoms with van der Waals surface area (Å²) in [7, 11) is 0. The Morgan fingerprint density at radius 3 is 2.48 bits per heavy atom. The Morgan fingerprint density at radius 2 is 1.85 bits per heavy atom. The van der Waals surface area contributed by atoms with Gasteiger partial charge in [0.15, 0.2) is 0 Å². The lowest BCUT2D eigenvalue weighted by Gasteiger charge is -2.32. The van der Waals surface area contributed by atoms with Gasteiger partial charge in [-0.05, 0) is 37.3 Å². The van der Waals surface area contributed by atoms with Crippen LogP contribution in [0.4, 0.5) is 13.2 Å². The number of halogens is 3. The van der Waals surface area contributed by atoms with Crippen LogP contribution >= 0.6 is 0 Å². The Bertz CT molecular complexity index is 681. The number of piperidine rings is 1. The summed E-state index contributed by atoms with van der Waals surface area (Å²) in [4.78, 5) is 26.4. The zero-order chi connectivity index (χ0) is 19.6. The lowest BCUT2D eigenvalue weighted by Crippen LogP contribution is -2.46. The van der Waals surface area contributed by atoms with Gasteiger partial charge < -0.3 is 10.1 Å². The molecule has 2 aliphatic rings. The van der Waals surface area contributed by atoms with Crippen LogP contribution in [0.15, 0.2) is 30.3 Å². The third-order valence-electron chi connectivity index (χ3n) is 5.29. The molecule has 1 aromatic carbocycles. The molecule has 1 aliphatic heterocycles. The molecule has 1 saturated carbocycles. The predicted octanol–water partition coefficient (Wildman–Crippen LogP) is 2.48. The zero-order valence-corrected chi connectivity index (χ0v) is 15.0. The summed E-state index contributed by atoms with van der Waals surface area (Å²) in [5, 5.41) is 2.89. The zero-order valence-electron chi connectivity index (χ0n) is 15.0. The minimum atomic E-state index is -4.29. The average Bonchev–Trinajstić information content (AvgIpc) is 2.84. The van der Waals surface area contributed by atoms with E-state index in [2.05, 4.69) is 5.32 Å². The van der Waals surface area contributed by atoms with Gasteiger partial charge in [0.2, 0.25) is 0 Å². The smallest absolute Gasteiger partial charge is 0.401 e. The van der Waals surface area contributed by atoms with E-state index in [1.807, 2.05) is 0 Å². The average molecular weight is 384 g/mol. The van der Waals surface area contributed by atoms with Crippen molar-refractivity contribution < 1.29 is 27.5 Å². The highest BCUT2D eigenvalue weighted by Gasteiger charge is 2.53. The van der Waals surface area contributed by atoms with Gasteiger partial charge in [0.25, 0.3) is 5.91 Å². The van der Waals surface area contributed by atoms with Crippen molar-refractivity contribution in [2.75, 3.05) is 26.2 Å². The van der Waals surface area contributed by atoms with Gasteiger partial charge in [-0.3, -0.25) is 14.5 Å². The Hall–Kier alpha value is -2.09. The molecule has 0 aromatic heterocycles. The summed E-state index contributed by atoms with van der Waals surface area (Å²) in [5.41, 5.74) is 0.453. The Balaban J connectivity index is 1.79. The molecule has 4 atom stereocenters. The molecule has 27 heavy (non-hydrogen) atoms. The topological polar surface area (TPSA) is 58.6 Å². The molecule has 1 aromatic rings. The molecule has 1 saturated heterocycles. The first kappa shape index (κ1) is 19.7. The van der Waals surface area contributed by atoms with Gasteiger partial charge in [-0.15, -0.1) is 0 Å². The molecule has 3 rings (SSSR count). The lowest BCUT2D eigenvalue weighted by molar-refractivity contribution is -0.152. The van der Waals surface area contributed by atoms with Crippen molar-refractivity contribution in [2.45, 2.75) is 25.6 Å². The van der Waals surface area contributed by atoms with Crippen LogP contribution in [0.5, 0.6) is 0 Å². The number of nitrogens with one attached hydrogen (secondary N) is 1. The standard InChI is InChI=1S/C19H23F3N2O3/c1-2-27-18(26)15-13-8-14(10-24(9-13)11-19(20,21)22)16(15)23-17(25)12-6-4-3-5-7-12/h3-7,13-16H,2,8-11H2,1H3,(H,23,25)/t13-,14+,15-,16+/m1/s1. The first-order chi connectivity index (χ1) is 12.8. The molecular weight excluding hydrogens is 361 g/mol. The fraction of sp³-hybridized carbons (Fsp3) is 0.579. The van der Waals surface area contributed by atoms with Gasteiger partial charge in [-0.25, -0.2) is 0 Å². The number of rotatable bonds is 5. The number of alkyl halides is 3. The number of likely N-dealkylation sites (tertiary alicyclic amines) is 1. The van der Waals surface area contributed by atoms with Crippen LogP contribution in [0.25, 0.3) is 0 Å². The van der Waals surface area contributed by atoms with Crippen molar-refractivity contribution in [3.8, 4) is 0 Å². The number of nitrogens with zero attached hydrogens (tertiary/aromatic N) is 1. The van der Waals surface area contributed by atoms with Gasteiger partial charge in [-0.1, -0.05) is 18.2 Å². The summed E-state index contributed by atoms with van der Waals surface area (Å²) in [6.07, 6.45) is -3.68. The van der Waals surface area contributed by atoms with Crippen LogP contribution in [0.3, 0.4) is 0 Å². The number of benzene rings is 1. The second-order valence-electron chi connectivity index (χ2n) is 7.21. The third kappa shape index (κ3) is 4.61. The van der Waals surface area contributed by atoms with Crippen LogP contribution < -0.4 is 5.32 Å². The maximum atomic E-state index is 12.8. The molecule has 0 radical (unpaired) electrons. The summed E-state index contributed by atoms with van der Waals surface area (Å²) in [6, 6.07) is 8.04. The van der Waals surface area contributed by atoms with E-state index in [4.69, 9.17) is 4.74 Å². The molecule has 0 spiro atoms. The summed E-state index contributed by atoms with van der Waals surface area (Å²) < 4.78 is 43.6. The van der Waals surface area contributed by atoms with Crippen molar-refractivity contribution in [1.82, 2.24) is 10.2 Å². The van der Waals surface area contributed by atoms with Crippen LogP contribution in [0.1, 0.15) is 23.7 Å². The quantitative estimate of drug-likeness (QED) is 0.793. The van der Waals surface area contributed by atoms with E-state index >= 15 is 0 Å². The molecule has 1 heterocycles. The van der Waals surface area contributed by atoms with Gasteiger partial charge in [0.1, 0.15) is 0 Å². The van der Waals surface area contributed by atoms with Gasteiger partial charge in [0.05, 0.1) is 19.1 Å². The Morgan fingerprint density at radius 1 is 1.19 bits per heavy atom. The molecule has 148 valence electrons. The first-order valence-electron chi connectivity index (χ1n) is 9.10. The predicted molar refractivity (Wildman–Crippen MR) is 91.9 cm³/mol. The van der Waals surface area contributed by atoms with Gasteiger partial charge >= 0.3 is 12.1 Å². The maximum absolute atomic E-state index is 12.8. The molecule has 5 nitrogen and oxygen atoms in total. The number of carbonyl (C=O) groups excluding carboxylic acids is 2. The lowest BCUT2D eigenvalue weighted by atomic mass is 9.93. The number of carbonyl (C=O) groups is 2. The Labute approximate surface area is 155 Å². The summed E-state index contributed by atoms with van der Waals surface area (Å²) in [6.45, 7) is 1.25. The SMILES string of the molecule is CCOC(=O)[C@@H]1[C@@H]2C[C@@H](CN(CC(F)(F)F)C2)[C@@H]1NC(=O)c1ccccc1. The summed E-state index contributed by atoms with van der Waals surface area (Å²) >= 11 is 0. The number of hydrogen-bond donors (Lipinski definition) is 1. The number of amides is 1. The van der Waals surface area contributed by atoms with E-state index in [-0.39, 0.29) is 37.4 Å². The van der Waals surface area contributed by atoms with E-state index in [0.29, 0.717) is 12.0 Å². The second kappa shape index (κ2) is 7.88. The Kier molecular flexibility index (Phi) is 5.74. The molecular formula is C19H23F3N2O3. The third-order valence-corrected chi connectivity index (χ3v) is 5.29. The molecule has 1 aliphatic carbocycles. The molecule has 1 amide bonds. The van der Waals surface area contributed by atoms with Crippen molar-refractivity contribution >= 4 is 11.9 Å². The van der Waals surface area contributed by atoms with Crippen molar-refractivity contribution in [2.24, 2.45) is 17.8 Å².